The number of anilines is 3. The van der Waals surface area contributed by atoms with Gasteiger partial charge in [-0.05, 0) is 73.4 Å². The number of benzene rings is 3. The molecule has 0 bridgehead atoms. The van der Waals surface area contributed by atoms with Crippen molar-refractivity contribution >= 4 is 54.5 Å². The van der Waals surface area contributed by atoms with Crippen molar-refractivity contribution in [2.45, 2.75) is 67.8 Å². The summed E-state index contributed by atoms with van der Waals surface area (Å²) >= 11 is 0. The average Bonchev–Trinajstić information content (AvgIpc) is 3.42. The first-order valence-corrected chi connectivity index (χ1v) is 17.8. The van der Waals surface area contributed by atoms with E-state index >= 15 is 0 Å². The van der Waals surface area contributed by atoms with Crippen molar-refractivity contribution in [2.75, 3.05) is 21.9 Å². The molecule has 1 saturated carbocycles. The summed E-state index contributed by atoms with van der Waals surface area (Å²) in [6.45, 7) is 2.70. The van der Waals surface area contributed by atoms with Crippen LogP contribution in [0.2, 0.25) is 0 Å². The Morgan fingerprint density at radius 1 is 0.933 bits per heavy atom. The number of nitrogens with zero attached hydrogens (tertiary/aromatic N) is 1. The molecule has 12 nitrogen and oxygen atoms in total. The molecule has 1 amide bonds. The molecule has 14 heteroatoms. The number of rotatable bonds is 12. The number of para-hydroxylation sites is 1. The van der Waals surface area contributed by atoms with E-state index in [-0.39, 0.29) is 21.4 Å². The predicted molar refractivity (Wildman–Crippen MR) is 174 cm³/mol. The summed E-state index contributed by atoms with van der Waals surface area (Å²) in [5, 5.41) is 5.94. The largest absolute Gasteiger partial charge is 0.453 e. The Bertz CT molecular complexity index is 1850. The molecule has 1 aliphatic carbocycles. The van der Waals surface area contributed by atoms with Crippen molar-refractivity contribution in [3.05, 3.63) is 72.3 Å². The van der Waals surface area contributed by atoms with Crippen molar-refractivity contribution in [3.8, 4) is 0 Å². The van der Waals surface area contributed by atoms with E-state index < -0.39 is 26.1 Å². The summed E-state index contributed by atoms with van der Waals surface area (Å²) in [5.41, 5.74) is 2.32. The molecular formula is C31H38N6O6S2. The van der Waals surface area contributed by atoms with Crippen LogP contribution in [-0.2, 0) is 31.3 Å². The Labute approximate surface area is 263 Å². The number of carbonyl (C=O) groups is 1. The Kier molecular flexibility index (Phi) is 9.95. The number of aromatic nitrogens is 2. The van der Waals surface area contributed by atoms with E-state index in [2.05, 4.69) is 41.7 Å². The molecule has 240 valence electrons. The van der Waals surface area contributed by atoms with Gasteiger partial charge in [-0.25, -0.2) is 26.6 Å². The lowest BCUT2D eigenvalue weighted by Crippen LogP contribution is -2.29. The minimum absolute atomic E-state index is 0.0107. The second kappa shape index (κ2) is 13.9. The Morgan fingerprint density at radius 2 is 1.62 bits per heavy atom. The van der Waals surface area contributed by atoms with Crippen LogP contribution in [0.4, 0.5) is 22.1 Å². The van der Waals surface area contributed by atoms with Crippen LogP contribution in [0.25, 0.3) is 11.0 Å². The van der Waals surface area contributed by atoms with Crippen LogP contribution < -0.4 is 20.1 Å². The molecule has 1 atom stereocenters. The van der Waals surface area contributed by atoms with Crippen LogP contribution in [0, 0.1) is 5.92 Å². The molecule has 4 aromatic rings. The zero-order valence-electron chi connectivity index (χ0n) is 25.2. The third kappa shape index (κ3) is 8.32. The first-order chi connectivity index (χ1) is 21.5. The van der Waals surface area contributed by atoms with E-state index in [0.717, 1.165) is 17.9 Å². The highest BCUT2D eigenvalue weighted by atomic mass is 32.2. The van der Waals surface area contributed by atoms with Crippen LogP contribution >= 0.6 is 0 Å². The molecule has 0 aliphatic heterocycles. The highest BCUT2D eigenvalue weighted by Crippen LogP contribution is 2.28. The maximum atomic E-state index is 13.3. The van der Waals surface area contributed by atoms with Gasteiger partial charge in [-0.15, -0.1) is 0 Å². The van der Waals surface area contributed by atoms with E-state index in [9.17, 15) is 21.6 Å². The van der Waals surface area contributed by atoms with Gasteiger partial charge in [-0.2, -0.15) is 0 Å². The monoisotopic (exact) mass is 654 g/mol. The summed E-state index contributed by atoms with van der Waals surface area (Å²) in [5.74, 6) is 0.848. The van der Waals surface area contributed by atoms with Crippen molar-refractivity contribution in [1.29, 1.82) is 0 Å². The number of ether oxygens (including phenoxy) is 1. The number of aromatic amines is 1. The number of amides is 1. The van der Waals surface area contributed by atoms with Gasteiger partial charge < -0.3 is 15.0 Å². The summed E-state index contributed by atoms with van der Waals surface area (Å²) in [7, 11) is -6.77. The first-order valence-electron chi connectivity index (χ1n) is 14.8. The quantitative estimate of drug-likeness (QED) is 0.128. The summed E-state index contributed by atoms with van der Waals surface area (Å²) in [4.78, 5) is 18.4. The van der Waals surface area contributed by atoms with E-state index in [1.165, 1.54) is 81.7 Å². The third-order valence-electron chi connectivity index (χ3n) is 7.90. The SMILES string of the molecule is COC(=O)Nc1nc2ccc(S(=O)(=O)Nc3ccc(S(=O)(=O)Nc4ccccc4CN[C@@H](C)CC4CCCCC4)cc3)cc2[nH]1. The van der Waals surface area contributed by atoms with Crippen LogP contribution in [-0.4, -0.2) is 46.0 Å². The molecule has 1 fully saturated rings. The fourth-order valence-electron chi connectivity index (χ4n) is 5.55. The topological polar surface area (TPSA) is 171 Å². The van der Waals surface area contributed by atoms with Crippen LogP contribution in [0.3, 0.4) is 0 Å². The number of nitrogens with one attached hydrogen (secondary N) is 5. The second-order valence-electron chi connectivity index (χ2n) is 11.3. The lowest BCUT2D eigenvalue weighted by atomic mass is 9.85. The number of imidazole rings is 1. The zero-order chi connectivity index (χ0) is 32.0. The van der Waals surface area contributed by atoms with Crippen LogP contribution in [0.5, 0.6) is 0 Å². The molecule has 0 unspecified atom stereocenters. The summed E-state index contributed by atoms with van der Waals surface area (Å²) in [6, 6.07) is 17.3. The highest BCUT2D eigenvalue weighted by Gasteiger charge is 2.20. The molecular weight excluding hydrogens is 617 g/mol. The fraction of sp³-hybridized carbons (Fsp3) is 0.355. The second-order valence-corrected chi connectivity index (χ2v) is 14.7. The molecule has 0 saturated heterocycles. The average molecular weight is 655 g/mol. The highest BCUT2D eigenvalue weighted by molar-refractivity contribution is 7.93. The number of methoxy groups -OCH3 is 1. The van der Waals surface area contributed by atoms with E-state index in [1.807, 2.05) is 12.1 Å². The third-order valence-corrected chi connectivity index (χ3v) is 10.7. The molecule has 5 N–H and O–H groups in total. The summed E-state index contributed by atoms with van der Waals surface area (Å²) < 4.78 is 62.4. The number of hydrogen-bond donors (Lipinski definition) is 5. The zero-order valence-corrected chi connectivity index (χ0v) is 26.8. The maximum absolute atomic E-state index is 13.3. The lowest BCUT2D eigenvalue weighted by Gasteiger charge is -2.25. The van der Waals surface area contributed by atoms with Gasteiger partial charge in [0.05, 0.1) is 33.6 Å². The molecule has 1 heterocycles. The Hall–Kier alpha value is -4.14. The number of carbonyl (C=O) groups excluding carboxylic acids is 1. The van der Waals surface area contributed by atoms with Gasteiger partial charge in [0.1, 0.15) is 0 Å². The minimum Gasteiger partial charge on any atom is -0.453 e. The van der Waals surface area contributed by atoms with E-state index in [1.54, 1.807) is 12.1 Å². The molecule has 0 spiro atoms. The number of fused-ring (bicyclic) bond motifs is 1. The van der Waals surface area contributed by atoms with Crippen molar-refractivity contribution in [1.82, 2.24) is 15.3 Å². The lowest BCUT2D eigenvalue weighted by molar-refractivity contribution is 0.186. The molecule has 45 heavy (non-hydrogen) atoms. The standard InChI is InChI=1S/C31H38N6O6S2/c1-21(18-22-8-4-3-5-9-22)32-20-23-10-6-7-11-27(23)37-44(39,40)25-14-12-24(13-15-25)36-45(41,42)26-16-17-28-29(19-26)34-30(33-28)35-31(38)43-2/h6-7,10-17,19,21-22,32,36-37H,3-5,8-9,18,20H2,1-2H3,(H2,33,34,35,38)/t21-/m0/s1. The van der Waals surface area contributed by atoms with E-state index in [0.29, 0.717) is 29.3 Å². The van der Waals surface area contributed by atoms with Gasteiger partial charge in [0.2, 0.25) is 5.95 Å². The van der Waals surface area contributed by atoms with Crippen molar-refractivity contribution in [2.24, 2.45) is 5.92 Å². The number of hydrogen-bond acceptors (Lipinski definition) is 8. The Balaban J connectivity index is 1.23. The number of sulfonamides is 2. The van der Waals surface area contributed by atoms with Crippen molar-refractivity contribution in [3.63, 3.8) is 0 Å². The van der Waals surface area contributed by atoms with E-state index in [4.69, 9.17) is 0 Å². The van der Waals surface area contributed by atoms with Gasteiger partial charge >= 0.3 is 6.09 Å². The minimum atomic E-state index is -4.03. The number of H-pyrrole nitrogens is 1. The molecule has 5 rings (SSSR count). The Morgan fingerprint density at radius 3 is 2.36 bits per heavy atom. The fourth-order valence-corrected chi connectivity index (χ4v) is 7.73. The van der Waals surface area contributed by atoms with Gasteiger partial charge in [-0.1, -0.05) is 50.3 Å². The van der Waals surface area contributed by atoms with Gasteiger partial charge in [0, 0.05) is 18.3 Å². The van der Waals surface area contributed by atoms with Crippen LogP contribution in [0.15, 0.2) is 76.5 Å². The van der Waals surface area contributed by atoms with Gasteiger partial charge in [0.15, 0.2) is 0 Å². The van der Waals surface area contributed by atoms with Gasteiger partial charge in [-0.3, -0.25) is 14.8 Å². The maximum Gasteiger partial charge on any atom is 0.413 e. The molecule has 1 aliphatic rings. The van der Waals surface area contributed by atoms with Crippen LogP contribution in [0.1, 0.15) is 51.0 Å². The normalized spacial score (nSPS) is 15.0. The summed E-state index contributed by atoms with van der Waals surface area (Å²) in [6.07, 6.45) is 6.88. The first kappa shape index (κ1) is 32.3. The smallest absolute Gasteiger partial charge is 0.413 e. The van der Waals surface area contributed by atoms with Gasteiger partial charge in [0.25, 0.3) is 20.0 Å². The molecule has 3 aromatic carbocycles. The molecule has 1 aromatic heterocycles. The molecule has 0 radical (unpaired) electrons. The predicted octanol–water partition coefficient (Wildman–Crippen LogP) is 5.79. The van der Waals surface area contributed by atoms with Crippen molar-refractivity contribution < 1.29 is 26.4 Å².